The van der Waals surface area contributed by atoms with Crippen molar-refractivity contribution in [2.24, 2.45) is 34.0 Å². The van der Waals surface area contributed by atoms with E-state index in [1.165, 1.54) is 0 Å². The normalized spacial score (nSPS) is 53.4. The quantitative estimate of drug-likeness (QED) is 0.620. The summed E-state index contributed by atoms with van der Waals surface area (Å²) in [6.45, 7) is 7.44. The van der Waals surface area contributed by atoms with Gasteiger partial charge in [-0.15, -0.1) is 0 Å². The minimum Gasteiger partial charge on any atom is -0.0744 e. The van der Waals surface area contributed by atoms with Gasteiger partial charge in [0.05, 0.1) is 0 Å². The molecule has 1 spiro atoms. The topological polar surface area (TPSA) is 0 Å². The second-order valence-electron chi connectivity index (χ2n) is 9.91. The molecule has 18 heavy (non-hydrogen) atoms. The molecule has 4 saturated carbocycles. The van der Waals surface area contributed by atoms with E-state index >= 15 is 0 Å². The van der Waals surface area contributed by atoms with Crippen LogP contribution in [0, 0.1) is 34.0 Å². The number of hydrogen-bond donors (Lipinski definition) is 0. The van der Waals surface area contributed by atoms with E-state index in [1.54, 1.807) is 38.5 Å². The van der Waals surface area contributed by atoms with E-state index in [0.717, 1.165) is 23.2 Å². The standard InChI is InChI=1S/C16H28B2/c1-13(2,3)16(17,18)14-6-10-4-11-5-12(8-14)15(11,7-10)9-14/h10-12H,4-9,17-18H2,1-3H3. The molecule has 0 aromatic carbocycles. The van der Waals surface area contributed by atoms with Crippen LogP contribution < -0.4 is 0 Å². The maximum atomic E-state index is 2.59. The first-order chi connectivity index (χ1) is 8.20. The van der Waals surface area contributed by atoms with Gasteiger partial charge in [-0.3, -0.25) is 0 Å². The van der Waals surface area contributed by atoms with Crippen LogP contribution in [0.15, 0.2) is 0 Å². The summed E-state index contributed by atoms with van der Waals surface area (Å²) in [6.07, 6.45) is 9.54. The van der Waals surface area contributed by atoms with Gasteiger partial charge in [-0.05, 0) is 72.5 Å². The second kappa shape index (κ2) is 2.91. The highest BCUT2D eigenvalue weighted by Gasteiger charge is 2.73. The van der Waals surface area contributed by atoms with Gasteiger partial charge >= 0.3 is 0 Å². The van der Waals surface area contributed by atoms with Crippen molar-refractivity contribution < 1.29 is 0 Å². The molecule has 0 aromatic rings. The van der Waals surface area contributed by atoms with Gasteiger partial charge in [0.15, 0.2) is 0 Å². The van der Waals surface area contributed by atoms with E-state index in [9.17, 15) is 0 Å². The molecule has 4 rings (SSSR count). The highest BCUT2D eigenvalue weighted by atomic mass is 14.8. The van der Waals surface area contributed by atoms with Crippen molar-refractivity contribution >= 4 is 15.7 Å². The van der Waals surface area contributed by atoms with Crippen LogP contribution in [0.2, 0.25) is 5.21 Å². The van der Waals surface area contributed by atoms with Crippen molar-refractivity contribution in [2.75, 3.05) is 0 Å². The van der Waals surface area contributed by atoms with Crippen LogP contribution >= 0.6 is 0 Å². The zero-order valence-electron chi connectivity index (χ0n) is 13.0. The van der Waals surface area contributed by atoms with Crippen molar-refractivity contribution in [3.05, 3.63) is 0 Å². The fraction of sp³-hybridized carbons (Fsp3) is 1.00. The molecule has 4 aliphatic rings. The molecule has 5 atom stereocenters. The van der Waals surface area contributed by atoms with E-state index in [4.69, 9.17) is 0 Å². The molecular weight excluding hydrogens is 214 g/mol. The molecule has 0 amide bonds. The lowest BCUT2D eigenvalue weighted by Gasteiger charge is -2.56. The fourth-order valence-electron chi connectivity index (χ4n) is 6.88. The maximum Gasteiger partial charge on any atom is 0.101 e. The Hall–Kier alpha value is 0.130. The monoisotopic (exact) mass is 242 g/mol. The predicted molar refractivity (Wildman–Crippen MR) is 82.3 cm³/mol. The lowest BCUT2D eigenvalue weighted by atomic mass is 9.32. The summed E-state index contributed by atoms with van der Waals surface area (Å²) in [5, 5.41) is 0.498. The molecule has 4 fully saturated rings. The number of rotatable bonds is 1. The zero-order chi connectivity index (χ0) is 13.0. The Morgan fingerprint density at radius 1 is 0.944 bits per heavy atom. The third-order valence-electron chi connectivity index (χ3n) is 8.67. The Bertz CT molecular complexity index is 404. The Morgan fingerprint density at radius 2 is 1.67 bits per heavy atom. The summed E-state index contributed by atoms with van der Waals surface area (Å²) in [7, 11) is 5.18. The van der Waals surface area contributed by atoms with Crippen molar-refractivity contribution in [1.82, 2.24) is 0 Å². The summed E-state index contributed by atoms with van der Waals surface area (Å²) in [6, 6.07) is 0. The first-order valence-corrected chi connectivity index (χ1v) is 8.20. The minimum absolute atomic E-state index is 0.444. The Morgan fingerprint density at radius 3 is 2.33 bits per heavy atom. The molecule has 5 unspecified atom stereocenters. The van der Waals surface area contributed by atoms with Gasteiger partial charge in [0, 0.05) is 0 Å². The summed E-state index contributed by atoms with van der Waals surface area (Å²) in [5.41, 5.74) is 1.98. The largest absolute Gasteiger partial charge is 0.101 e. The highest BCUT2D eigenvalue weighted by Crippen LogP contribution is 2.83. The van der Waals surface area contributed by atoms with E-state index < -0.39 is 0 Å². The summed E-state index contributed by atoms with van der Waals surface area (Å²) >= 11 is 0. The highest BCUT2D eigenvalue weighted by molar-refractivity contribution is 6.41. The molecule has 0 aromatic heterocycles. The molecule has 2 heteroatoms. The third kappa shape index (κ3) is 1.06. The van der Waals surface area contributed by atoms with Gasteiger partial charge in [-0.2, -0.15) is 0 Å². The van der Waals surface area contributed by atoms with Crippen LogP contribution in [0.5, 0.6) is 0 Å². The fourth-order valence-corrected chi connectivity index (χ4v) is 6.88. The molecule has 0 radical (unpaired) electrons. The van der Waals surface area contributed by atoms with Crippen molar-refractivity contribution in [2.45, 2.75) is 64.5 Å². The summed E-state index contributed by atoms with van der Waals surface area (Å²) in [4.78, 5) is 0. The van der Waals surface area contributed by atoms with Gasteiger partial charge in [-0.1, -0.05) is 26.0 Å². The Kier molecular flexibility index (Phi) is 1.93. The van der Waals surface area contributed by atoms with Gasteiger partial charge in [-0.25, -0.2) is 0 Å². The summed E-state index contributed by atoms with van der Waals surface area (Å²) in [5.74, 6) is 3.36. The van der Waals surface area contributed by atoms with Gasteiger partial charge < -0.3 is 0 Å². The van der Waals surface area contributed by atoms with Crippen molar-refractivity contribution in [3.8, 4) is 0 Å². The van der Waals surface area contributed by atoms with Gasteiger partial charge in [0.1, 0.15) is 15.7 Å². The Balaban J connectivity index is 1.78. The van der Waals surface area contributed by atoms with Crippen LogP contribution in [-0.2, 0) is 0 Å². The van der Waals surface area contributed by atoms with Crippen molar-refractivity contribution in [1.29, 1.82) is 0 Å². The van der Waals surface area contributed by atoms with Crippen LogP contribution in [0.1, 0.15) is 59.3 Å². The third-order valence-corrected chi connectivity index (χ3v) is 8.67. The van der Waals surface area contributed by atoms with E-state index in [0.29, 0.717) is 16.0 Å². The van der Waals surface area contributed by atoms with Crippen LogP contribution in [-0.4, -0.2) is 15.7 Å². The average Bonchev–Trinajstić information content (AvgIpc) is 2.53. The lowest BCUT2D eigenvalue weighted by molar-refractivity contribution is -0.00637. The van der Waals surface area contributed by atoms with Crippen molar-refractivity contribution in [3.63, 3.8) is 0 Å². The second-order valence-corrected chi connectivity index (χ2v) is 9.91. The molecule has 98 valence electrons. The minimum atomic E-state index is 0.444. The van der Waals surface area contributed by atoms with E-state index in [1.807, 2.05) is 0 Å². The first kappa shape index (κ1) is 11.9. The molecule has 0 saturated heterocycles. The van der Waals surface area contributed by atoms with E-state index in [-0.39, 0.29) is 0 Å². The molecule has 4 aliphatic carbocycles. The van der Waals surface area contributed by atoms with Crippen LogP contribution in [0.4, 0.5) is 0 Å². The molecular formula is C16H28B2. The number of hydrogen-bond acceptors (Lipinski definition) is 0. The molecule has 0 nitrogen and oxygen atoms in total. The van der Waals surface area contributed by atoms with Crippen LogP contribution in [0.25, 0.3) is 0 Å². The van der Waals surface area contributed by atoms with E-state index in [2.05, 4.69) is 36.5 Å². The SMILES string of the molecule is BC(B)(C(C)(C)C)C12CC3CC4CC(C1)C4(C3)C2. The molecule has 0 heterocycles. The molecule has 0 aliphatic heterocycles. The first-order valence-electron chi connectivity index (χ1n) is 8.20. The zero-order valence-corrected chi connectivity index (χ0v) is 13.0. The lowest BCUT2D eigenvalue weighted by Crippen LogP contribution is -2.47. The predicted octanol–water partition coefficient (Wildman–Crippen LogP) is 2.63. The van der Waals surface area contributed by atoms with Gasteiger partial charge in [0.2, 0.25) is 0 Å². The molecule has 0 N–H and O–H groups in total. The Labute approximate surface area is 114 Å². The number of fused-ring (bicyclic) bond motifs is 2. The molecule has 3 bridgehead atoms. The van der Waals surface area contributed by atoms with Gasteiger partial charge in [0.25, 0.3) is 0 Å². The maximum absolute atomic E-state index is 2.59. The smallest absolute Gasteiger partial charge is 0.0744 e. The average molecular weight is 242 g/mol. The summed E-state index contributed by atoms with van der Waals surface area (Å²) < 4.78 is 0. The van der Waals surface area contributed by atoms with Crippen LogP contribution in [0.3, 0.4) is 0 Å².